The van der Waals surface area contributed by atoms with E-state index in [-0.39, 0.29) is 24.7 Å². The van der Waals surface area contributed by atoms with E-state index in [1.54, 1.807) is 0 Å². The number of hydrogen-bond donors (Lipinski definition) is 0. The summed E-state index contributed by atoms with van der Waals surface area (Å²) in [5.74, 6) is 1.87. The Balaban J connectivity index is 0.00000126. The second-order valence-corrected chi connectivity index (χ2v) is 8.64. The van der Waals surface area contributed by atoms with Crippen molar-refractivity contribution in [1.82, 2.24) is 0 Å². The normalized spacial score (nSPS) is 42.6. The van der Waals surface area contributed by atoms with Gasteiger partial charge in [0.1, 0.15) is 18.4 Å². The molecule has 5 heteroatoms. The standard InChI is InChI=1S/C20H31F3O2.C2H6/c1-12-2-4-13(5-3-12)14-6-8-15(9-7-14)20(24)25-16-10-17(21)19(23)18(22)11-16;1-2/h12-19H,2-11H2,1H3;1-2H3. The zero-order valence-corrected chi connectivity index (χ0v) is 17.1. The van der Waals surface area contributed by atoms with Crippen LogP contribution in [0.15, 0.2) is 0 Å². The molecule has 0 aromatic heterocycles. The summed E-state index contributed by atoms with van der Waals surface area (Å²) in [6, 6.07) is 0. The molecular formula is C22H37F3O2. The molecule has 158 valence electrons. The quantitative estimate of drug-likeness (QED) is 0.524. The average molecular weight is 391 g/mol. The fourth-order valence-electron chi connectivity index (χ4n) is 5.03. The van der Waals surface area contributed by atoms with Crippen LogP contribution in [0.4, 0.5) is 13.2 Å². The van der Waals surface area contributed by atoms with E-state index in [9.17, 15) is 18.0 Å². The van der Waals surface area contributed by atoms with Crippen LogP contribution in [-0.4, -0.2) is 30.6 Å². The Morgan fingerprint density at radius 2 is 1.22 bits per heavy atom. The van der Waals surface area contributed by atoms with Crippen molar-refractivity contribution in [3.8, 4) is 0 Å². The van der Waals surface area contributed by atoms with Crippen LogP contribution in [0.1, 0.15) is 85.0 Å². The Bertz CT molecular complexity index is 431. The predicted molar refractivity (Wildman–Crippen MR) is 102 cm³/mol. The molecule has 2 atom stereocenters. The summed E-state index contributed by atoms with van der Waals surface area (Å²) in [7, 11) is 0. The van der Waals surface area contributed by atoms with E-state index in [4.69, 9.17) is 4.74 Å². The molecule has 0 spiro atoms. The first-order valence-electron chi connectivity index (χ1n) is 11.1. The number of halogens is 3. The molecular weight excluding hydrogens is 353 g/mol. The second kappa shape index (κ2) is 10.7. The molecule has 3 fully saturated rings. The Morgan fingerprint density at radius 3 is 1.70 bits per heavy atom. The fourth-order valence-corrected chi connectivity index (χ4v) is 5.03. The lowest BCUT2D eigenvalue weighted by atomic mass is 9.69. The number of rotatable bonds is 3. The van der Waals surface area contributed by atoms with Gasteiger partial charge < -0.3 is 4.74 Å². The first-order chi connectivity index (χ1) is 12.9. The maximum absolute atomic E-state index is 13.4. The summed E-state index contributed by atoms with van der Waals surface area (Å²) in [6.45, 7) is 6.32. The molecule has 0 N–H and O–H groups in total. The molecule has 0 aromatic rings. The van der Waals surface area contributed by atoms with Crippen molar-refractivity contribution in [2.75, 3.05) is 0 Å². The van der Waals surface area contributed by atoms with E-state index >= 15 is 0 Å². The minimum Gasteiger partial charge on any atom is -0.462 e. The lowest BCUT2D eigenvalue weighted by Crippen LogP contribution is -2.42. The van der Waals surface area contributed by atoms with Crippen LogP contribution in [0.25, 0.3) is 0 Å². The Morgan fingerprint density at radius 1 is 0.778 bits per heavy atom. The van der Waals surface area contributed by atoms with Crippen molar-refractivity contribution in [3.63, 3.8) is 0 Å². The summed E-state index contributed by atoms with van der Waals surface area (Å²) in [6.07, 6.45) is 1.90. The van der Waals surface area contributed by atoms with Gasteiger partial charge in [0.05, 0.1) is 5.92 Å². The topological polar surface area (TPSA) is 26.3 Å². The Labute approximate surface area is 162 Å². The maximum Gasteiger partial charge on any atom is 0.309 e. The minimum absolute atomic E-state index is 0.155. The van der Waals surface area contributed by atoms with Gasteiger partial charge in [-0.2, -0.15) is 0 Å². The molecule has 3 aliphatic carbocycles. The number of carbonyl (C=O) groups excluding carboxylic acids is 1. The lowest BCUT2D eigenvalue weighted by Gasteiger charge is -2.37. The largest absolute Gasteiger partial charge is 0.462 e. The lowest BCUT2D eigenvalue weighted by molar-refractivity contribution is -0.161. The van der Waals surface area contributed by atoms with Crippen LogP contribution in [-0.2, 0) is 9.53 Å². The molecule has 0 saturated heterocycles. The van der Waals surface area contributed by atoms with Gasteiger partial charge in [-0.1, -0.05) is 33.6 Å². The molecule has 27 heavy (non-hydrogen) atoms. The molecule has 3 rings (SSSR count). The van der Waals surface area contributed by atoms with Crippen molar-refractivity contribution in [1.29, 1.82) is 0 Å². The van der Waals surface area contributed by atoms with Gasteiger partial charge in [-0.3, -0.25) is 4.79 Å². The summed E-state index contributed by atoms with van der Waals surface area (Å²) in [4.78, 5) is 12.3. The zero-order valence-electron chi connectivity index (χ0n) is 17.1. The van der Waals surface area contributed by atoms with Crippen molar-refractivity contribution in [2.24, 2.45) is 23.7 Å². The van der Waals surface area contributed by atoms with E-state index in [0.717, 1.165) is 37.5 Å². The van der Waals surface area contributed by atoms with Gasteiger partial charge in [0, 0.05) is 12.8 Å². The molecule has 3 aliphatic rings. The van der Waals surface area contributed by atoms with E-state index in [0.29, 0.717) is 5.92 Å². The molecule has 2 unspecified atom stereocenters. The van der Waals surface area contributed by atoms with Gasteiger partial charge in [0.25, 0.3) is 0 Å². The number of alkyl halides is 3. The minimum atomic E-state index is -2.08. The summed E-state index contributed by atoms with van der Waals surface area (Å²) < 4.78 is 45.4. The van der Waals surface area contributed by atoms with Gasteiger partial charge >= 0.3 is 5.97 Å². The summed E-state index contributed by atoms with van der Waals surface area (Å²) in [5.41, 5.74) is 0. The van der Waals surface area contributed by atoms with Crippen LogP contribution >= 0.6 is 0 Å². The number of carbonyl (C=O) groups is 1. The molecule has 0 heterocycles. The Hall–Kier alpha value is -0.740. The van der Waals surface area contributed by atoms with Gasteiger partial charge in [-0.15, -0.1) is 0 Å². The van der Waals surface area contributed by atoms with Gasteiger partial charge in [0.15, 0.2) is 6.17 Å². The molecule has 0 radical (unpaired) electrons. The van der Waals surface area contributed by atoms with E-state index in [2.05, 4.69) is 6.92 Å². The molecule has 0 amide bonds. The van der Waals surface area contributed by atoms with Crippen LogP contribution in [0, 0.1) is 23.7 Å². The molecule has 3 saturated carbocycles. The van der Waals surface area contributed by atoms with Crippen molar-refractivity contribution in [3.05, 3.63) is 0 Å². The molecule has 0 aromatic carbocycles. The number of hydrogen-bond acceptors (Lipinski definition) is 2. The second-order valence-electron chi connectivity index (χ2n) is 8.64. The predicted octanol–water partition coefficient (Wildman–Crippen LogP) is 6.37. The van der Waals surface area contributed by atoms with Gasteiger partial charge in [0.2, 0.25) is 0 Å². The van der Waals surface area contributed by atoms with E-state index in [1.165, 1.54) is 25.7 Å². The molecule has 0 bridgehead atoms. The van der Waals surface area contributed by atoms with Crippen LogP contribution in [0.3, 0.4) is 0 Å². The highest BCUT2D eigenvalue weighted by Crippen LogP contribution is 2.41. The van der Waals surface area contributed by atoms with Gasteiger partial charge in [-0.05, 0) is 56.3 Å². The van der Waals surface area contributed by atoms with Crippen molar-refractivity contribution < 1.29 is 22.7 Å². The highest BCUT2D eigenvalue weighted by molar-refractivity contribution is 5.72. The monoisotopic (exact) mass is 390 g/mol. The molecule has 2 nitrogen and oxygen atoms in total. The average Bonchev–Trinajstić information content (AvgIpc) is 2.68. The zero-order chi connectivity index (χ0) is 20.0. The maximum atomic E-state index is 13.4. The SMILES string of the molecule is CC.CC1CCC(C2CCC(C(=O)OC3CC(F)C(F)C(F)C3)CC2)CC1. The Kier molecular flexibility index (Phi) is 8.94. The van der Waals surface area contributed by atoms with Crippen molar-refractivity contribution >= 4 is 5.97 Å². The van der Waals surface area contributed by atoms with Crippen LogP contribution in [0.5, 0.6) is 0 Å². The first-order valence-corrected chi connectivity index (χ1v) is 11.1. The highest BCUT2D eigenvalue weighted by Gasteiger charge is 2.41. The number of ether oxygens (including phenoxy) is 1. The summed E-state index contributed by atoms with van der Waals surface area (Å²) >= 11 is 0. The summed E-state index contributed by atoms with van der Waals surface area (Å²) in [5, 5.41) is 0. The third-order valence-corrected chi connectivity index (χ3v) is 6.78. The van der Waals surface area contributed by atoms with Crippen LogP contribution in [0.2, 0.25) is 0 Å². The number of esters is 1. The fraction of sp³-hybridized carbons (Fsp3) is 0.955. The third kappa shape index (κ3) is 6.12. The molecule has 0 aliphatic heterocycles. The smallest absolute Gasteiger partial charge is 0.309 e. The first kappa shape index (κ1) is 22.5. The van der Waals surface area contributed by atoms with Gasteiger partial charge in [-0.25, -0.2) is 13.2 Å². The highest BCUT2D eigenvalue weighted by atomic mass is 19.2. The third-order valence-electron chi connectivity index (χ3n) is 6.78. The van der Waals surface area contributed by atoms with E-state index in [1.807, 2.05) is 13.8 Å². The van der Waals surface area contributed by atoms with Crippen LogP contribution < -0.4 is 0 Å². The van der Waals surface area contributed by atoms with E-state index < -0.39 is 24.6 Å². The van der Waals surface area contributed by atoms with Crippen molar-refractivity contribution in [2.45, 2.75) is 110 Å².